The standard InChI is InChI=1S/C13H26N4O/c1-3-16(4-2)7-8-17-12(14)15-10-13(17)6-5-9-18-11-13/h3-11H2,1-2H3,(H2,14,15). The Hall–Kier alpha value is -0.810. The SMILES string of the molecule is CCN(CC)CCN1C(N)=NCC12CCCOC2. The second kappa shape index (κ2) is 5.89. The topological polar surface area (TPSA) is 54.1 Å². The molecule has 18 heavy (non-hydrogen) atoms. The summed E-state index contributed by atoms with van der Waals surface area (Å²) in [7, 11) is 0. The van der Waals surface area contributed by atoms with E-state index in [1.807, 2.05) is 0 Å². The van der Waals surface area contributed by atoms with E-state index in [9.17, 15) is 0 Å². The minimum Gasteiger partial charge on any atom is -0.379 e. The van der Waals surface area contributed by atoms with Crippen LogP contribution >= 0.6 is 0 Å². The zero-order chi connectivity index (χ0) is 13.0. The minimum absolute atomic E-state index is 0.0511. The summed E-state index contributed by atoms with van der Waals surface area (Å²) in [5.41, 5.74) is 6.11. The molecule has 1 unspecified atom stereocenters. The maximum Gasteiger partial charge on any atom is 0.191 e. The number of likely N-dealkylation sites (N-methyl/N-ethyl adjacent to an activating group) is 1. The smallest absolute Gasteiger partial charge is 0.191 e. The Labute approximate surface area is 110 Å². The average molecular weight is 254 g/mol. The van der Waals surface area contributed by atoms with E-state index < -0.39 is 0 Å². The van der Waals surface area contributed by atoms with Crippen molar-refractivity contribution in [2.24, 2.45) is 10.7 Å². The summed E-state index contributed by atoms with van der Waals surface area (Å²) in [6.45, 7) is 11.0. The highest BCUT2D eigenvalue weighted by molar-refractivity contribution is 5.81. The number of aliphatic imine (C=N–C) groups is 1. The summed E-state index contributed by atoms with van der Waals surface area (Å²) in [4.78, 5) is 9.15. The van der Waals surface area contributed by atoms with Crippen LogP contribution in [0.3, 0.4) is 0 Å². The van der Waals surface area contributed by atoms with Crippen molar-refractivity contribution < 1.29 is 4.74 Å². The molecule has 1 spiro atoms. The first-order chi connectivity index (χ1) is 8.72. The van der Waals surface area contributed by atoms with Crippen LogP contribution in [0.1, 0.15) is 26.7 Å². The molecule has 0 bridgehead atoms. The molecule has 1 fully saturated rings. The van der Waals surface area contributed by atoms with Crippen LogP contribution in [-0.2, 0) is 4.74 Å². The molecule has 0 saturated carbocycles. The van der Waals surface area contributed by atoms with E-state index in [4.69, 9.17) is 10.5 Å². The van der Waals surface area contributed by atoms with E-state index in [-0.39, 0.29) is 5.54 Å². The lowest BCUT2D eigenvalue weighted by Gasteiger charge is -2.42. The van der Waals surface area contributed by atoms with Crippen LogP contribution in [-0.4, -0.2) is 67.2 Å². The number of nitrogens with two attached hydrogens (primary N) is 1. The fraction of sp³-hybridized carbons (Fsp3) is 0.923. The van der Waals surface area contributed by atoms with E-state index in [2.05, 4.69) is 28.6 Å². The lowest BCUT2D eigenvalue weighted by Crippen LogP contribution is -2.57. The van der Waals surface area contributed by atoms with Gasteiger partial charge >= 0.3 is 0 Å². The van der Waals surface area contributed by atoms with Crippen molar-refractivity contribution in [1.29, 1.82) is 0 Å². The summed E-state index contributed by atoms with van der Waals surface area (Å²) in [6.07, 6.45) is 2.26. The fourth-order valence-electron chi connectivity index (χ4n) is 2.95. The van der Waals surface area contributed by atoms with Gasteiger partial charge < -0.3 is 20.3 Å². The maximum absolute atomic E-state index is 6.06. The number of rotatable bonds is 5. The monoisotopic (exact) mass is 254 g/mol. The van der Waals surface area contributed by atoms with E-state index in [1.54, 1.807) is 0 Å². The highest BCUT2D eigenvalue weighted by atomic mass is 16.5. The van der Waals surface area contributed by atoms with E-state index >= 15 is 0 Å². The molecule has 2 aliphatic rings. The molecular formula is C13H26N4O. The van der Waals surface area contributed by atoms with Crippen molar-refractivity contribution in [1.82, 2.24) is 9.80 Å². The molecule has 0 aliphatic carbocycles. The van der Waals surface area contributed by atoms with Crippen molar-refractivity contribution in [3.8, 4) is 0 Å². The van der Waals surface area contributed by atoms with Crippen molar-refractivity contribution in [3.63, 3.8) is 0 Å². The van der Waals surface area contributed by atoms with Crippen LogP contribution < -0.4 is 5.73 Å². The molecule has 0 radical (unpaired) electrons. The van der Waals surface area contributed by atoms with Gasteiger partial charge in [-0.1, -0.05) is 13.8 Å². The Morgan fingerprint density at radius 3 is 2.83 bits per heavy atom. The number of hydrogen-bond donors (Lipinski definition) is 1. The third-order valence-electron chi connectivity index (χ3n) is 4.22. The fourth-order valence-corrected chi connectivity index (χ4v) is 2.95. The first-order valence-electron chi connectivity index (χ1n) is 7.09. The van der Waals surface area contributed by atoms with Crippen LogP contribution in [0.4, 0.5) is 0 Å². The van der Waals surface area contributed by atoms with Gasteiger partial charge in [0.15, 0.2) is 5.96 Å². The van der Waals surface area contributed by atoms with Gasteiger partial charge in [-0.2, -0.15) is 0 Å². The number of hydrogen-bond acceptors (Lipinski definition) is 5. The van der Waals surface area contributed by atoms with Crippen molar-refractivity contribution in [2.75, 3.05) is 45.9 Å². The van der Waals surface area contributed by atoms with Gasteiger partial charge in [0, 0.05) is 19.7 Å². The molecule has 0 amide bonds. The molecule has 2 aliphatic heterocycles. The Kier molecular flexibility index (Phi) is 4.45. The van der Waals surface area contributed by atoms with Crippen LogP contribution in [0, 0.1) is 0 Å². The first-order valence-corrected chi connectivity index (χ1v) is 7.09. The minimum atomic E-state index is 0.0511. The van der Waals surface area contributed by atoms with Crippen LogP contribution in [0.2, 0.25) is 0 Å². The normalized spacial score (nSPS) is 28.2. The number of guanidine groups is 1. The van der Waals surface area contributed by atoms with Gasteiger partial charge in [0.25, 0.3) is 0 Å². The van der Waals surface area contributed by atoms with Crippen LogP contribution in [0.15, 0.2) is 4.99 Å². The summed E-state index contributed by atoms with van der Waals surface area (Å²) in [5.74, 6) is 0.702. The summed E-state index contributed by atoms with van der Waals surface area (Å²) in [6, 6.07) is 0. The van der Waals surface area contributed by atoms with Crippen molar-refractivity contribution in [2.45, 2.75) is 32.2 Å². The quantitative estimate of drug-likeness (QED) is 0.776. The largest absolute Gasteiger partial charge is 0.379 e. The Morgan fingerprint density at radius 2 is 2.22 bits per heavy atom. The molecule has 1 atom stereocenters. The third kappa shape index (κ3) is 2.62. The van der Waals surface area contributed by atoms with Crippen LogP contribution in [0.25, 0.3) is 0 Å². The zero-order valence-electron chi connectivity index (χ0n) is 11.7. The second-order valence-electron chi connectivity index (χ2n) is 5.23. The van der Waals surface area contributed by atoms with E-state index in [0.717, 1.165) is 58.8 Å². The molecule has 2 rings (SSSR count). The van der Waals surface area contributed by atoms with E-state index in [0.29, 0.717) is 5.96 Å². The zero-order valence-corrected chi connectivity index (χ0v) is 11.7. The molecule has 0 aromatic heterocycles. The predicted molar refractivity (Wildman–Crippen MR) is 73.8 cm³/mol. The molecule has 0 aromatic rings. The molecule has 5 nitrogen and oxygen atoms in total. The van der Waals surface area contributed by atoms with Crippen molar-refractivity contribution >= 4 is 5.96 Å². The number of ether oxygens (including phenoxy) is 1. The van der Waals surface area contributed by atoms with Crippen LogP contribution in [0.5, 0.6) is 0 Å². The molecular weight excluding hydrogens is 228 g/mol. The Bertz CT molecular complexity index is 295. The molecule has 2 N–H and O–H groups in total. The molecule has 5 heteroatoms. The highest BCUT2D eigenvalue weighted by Gasteiger charge is 2.43. The van der Waals surface area contributed by atoms with Crippen molar-refractivity contribution in [3.05, 3.63) is 0 Å². The van der Waals surface area contributed by atoms with Gasteiger partial charge in [0.05, 0.1) is 18.7 Å². The summed E-state index contributed by atoms with van der Waals surface area (Å²) < 4.78 is 5.66. The first kappa shape index (κ1) is 13.6. The van der Waals surface area contributed by atoms with Gasteiger partial charge in [0.1, 0.15) is 0 Å². The summed E-state index contributed by atoms with van der Waals surface area (Å²) in [5, 5.41) is 0. The Morgan fingerprint density at radius 1 is 1.44 bits per heavy atom. The average Bonchev–Trinajstić information content (AvgIpc) is 2.69. The molecule has 1 saturated heterocycles. The van der Waals surface area contributed by atoms with Gasteiger partial charge in [-0.3, -0.25) is 4.99 Å². The third-order valence-corrected chi connectivity index (χ3v) is 4.22. The summed E-state index contributed by atoms with van der Waals surface area (Å²) >= 11 is 0. The lowest BCUT2D eigenvalue weighted by atomic mass is 9.91. The molecule has 0 aromatic carbocycles. The van der Waals surface area contributed by atoms with Gasteiger partial charge in [-0.15, -0.1) is 0 Å². The lowest BCUT2D eigenvalue weighted by molar-refractivity contribution is -0.0112. The van der Waals surface area contributed by atoms with E-state index in [1.165, 1.54) is 0 Å². The van der Waals surface area contributed by atoms with Gasteiger partial charge in [-0.25, -0.2) is 0 Å². The molecule has 104 valence electrons. The second-order valence-corrected chi connectivity index (χ2v) is 5.23. The molecule has 2 heterocycles. The predicted octanol–water partition coefficient (Wildman–Crippen LogP) is 0.508. The Balaban J connectivity index is 1.96. The highest BCUT2D eigenvalue weighted by Crippen LogP contribution is 2.30. The number of nitrogens with zero attached hydrogens (tertiary/aromatic N) is 3. The van der Waals surface area contributed by atoms with Gasteiger partial charge in [-0.05, 0) is 25.9 Å². The van der Waals surface area contributed by atoms with Gasteiger partial charge in [0.2, 0.25) is 0 Å². The maximum atomic E-state index is 6.06.